The van der Waals surface area contributed by atoms with Gasteiger partial charge in [-0.05, 0) is 22.4 Å². The molecule has 1 aromatic heterocycles. The summed E-state index contributed by atoms with van der Waals surface area (Å²) in [6, 6.07) is 11.4. The second-order valence-electron chi connectivity index (χ2n) is 6.90. The Balaban J connectivity index is 1.80. The number of nitrogens with zero attached hydrogens (tertiary/aromatic N) is 1. The molecule has 10 heteroatoms. The van der Waals surface area contributed by atoms with Gasteiger partial charge in [0.05, 0.1) is 33.1 Å². The summed E-state index contributed by atoms with van der Waals surface area (Å²) < 4.78 is 17.0. The van der Waals surface area contributed by atoms with Gasteiger partial charge in [0.2, 0.25) is 11.7 Å². The Morgan fingerprint density at radius 2 is 1.79 bits per heavy atom. The first kappa shape index (κ1) is 23.7. The standard InChI is InChI=1S/C23H24N4O5S/c1-30-18-11-15(12-19(31-2)21(18)32-3)26-23(29)27-17(22(28)25-9-8-24)10-14-13-33-20-7-5-4-6-16(14)20/h4-7,11-13,17H,9-10H2,1-3H3,(H,25,28)(H2,26,27,29). The molecule has 33 heavy (non-hydrogen) atoms. The molecule has 0 aliphatic rings. The van der Waals surface area contributed by atoms with Crippen LogP contribution in [0.4, 0.5) is 10.5 Å². The van der Waals surface area contributed by atoms with E-state index in [1.807, 2.05) is 35.7 Å². The normalized spacial score (nSPS) is 11.2. The summed E-state index contributed by atoms with van der Waals surface area (Å²) in [6.45, 7) is -0.157. The number of carbonyl (C=O) groups excluding carboxylic acids is 2. The predicted molar refractivity (Wildman–Crippen MR) is 126 cm³/mol. The fourth-order valence-electron chi connectivity index (χ4n) is 3.35. The lowest BCUT2D eigenvalue weighted by atomic mass is 10.0. The molecule has 3 aromatic rings. The third-order valence-electron chi connectivity index (χ3n) is 4.87. The SMILES string of the molecule is COc1cc(NC(=O)NC(Cc2csc3ccccc23)C(=O)NCC#N)cc(OC)c1OC. The molecule has 172 valence electrons. The molecule has 1 atom stereocenters. The molecular formula is C23H24N4O5S. The average molecular weight is 469 g/mol. The van der Waals surface area contributed by atoms with Crippen molar-refractivity contribution in [2.24, 2.45) is 0 Å². The van der Waals surface area contributed by atoms with Crippen LogP contribution in [0.5, 0.6) is 17.2 Å². The molecule has 3 rings (SSSR count). The van der Waals surface area contributed by atoms with Gasteiger partial charge >= 0.3 is 6.03 Å². The van der Waals surface area contributed by atoms with Crippen molar-refractivity contribution in [3.63, 3.8) is 0 Å². The topological polar surface area (TPSA) is 122 Å². The number of ether oxygens (including phenoxy) is 3. The van der Waals surface area contributed by atoms with E-state index < -0.39 is 18.0 Å². The zero-order valence-electron chi connectivity index (χ0n) is 18.4. The van der Waals surface area contributed by atoms with Crippen LogP contribution < -0.4 is 30.2 Å². The third kappa shape index (κ3) is 5.64. The predicted octanol–water partition coefficient (Wildman–Crippen LogP) is 3.30. The Labute approximate surface area is 195 Å². The maximum atomic E-state index is 12.8. The summed E-state index contributed by atoms with van der Waals surface area (Å²) in [4.78, 5) is 25.4. The van der Waals surface area contributed by atoms with Crippen molar-refractivity contribution in [3.05, 3.63) is 47.3 Å². The molecule has 0 bridgehead atoms. The van der Waals surface area contributed by atoms with Crippen LogP contribution in [0.15, 0.2) is 41.8 Å². The highest BCUT2D eigenvalue weighted by molar-refractivity contribution is 7.17. The van der Waals surface area contributed by atoms with Crippen molar-refractivity contribution in [1.82, 2.24) is 10.6 Å². The van der Waals surface area contributed by atoms with Gasteiger partial charge in [-0.1, -0.05) is 18.2 Å². The zero-order chi connectivity index (χ0) is 23.8. The number of nitriles is 1. The Morgan fingerprint density at radius 3 is 2.42 bits per heavy atom. The van der Waals surface area contributed by atoms with Gasteiger partial charge in [0, 0.05) is 23.3 Å². The molecule has 0 radical (unpaired) electrons. The summed E-state index contributed by atoms with van der Waals surface area (Å²) in [5.41, 5.74) is 1.32. The number of amides is 3. The van der Waals surface area contributed by atoms with E-state index in [1.54, 1.807) is 23.5 Å². The molecule has 0 fully saturated rings. The number of fused-ring (bicyclic) bond motifs is 1. The molecule has 3 amide bonds. The number of carbonyl (C=O) groups is 2. The van der Waals surface area contributed by atoms with Gasteiger partial charge in [-0.2, -0.15) is 5.26 Å². The van der Waals surface area contributed by atoms with E-state index in [0.29, 0.717) is 22.9 Å². The smallest absolute Gasteiger partial charge is 0.319 e. The van der Waals surface area contributed by atoms with Crippen LogP contribution in [-0.2, 0) is 11.2 Å². The first-order valence-electron chi connectivity index (χ1n) is 9.98. The van der Waals surface area contributed by atoms with Crippen LogP contribution in [0, 0.1) is 11.3 Å². The number of anilines is 1. The van der Waals surface area contributed by atoms with E-state index in [-0.39, 0.29) is 13.0 Å². The highest BCUT2D eigenvalue weighted by Gasteiger charge is 2.23. The number of benzene rings is 2. The first-order chi connectivity index (χ1) is 16.0. The lowest BCUT2D eigenvalue weighted by Crippen LogP contribution is -2.49. The number of rotatable bonds is 9. The van der Waals surface area contributed by atoms with Gasteiger partial charge in [-0.25, -0.2) is 4.79 Å². The van der Waals surface area contributed by atoms with Crippen molar-refractivity contribution in [1.29, 1.82) is 5.26 Å². The molecule has 9 nitrogen and oxygen atoms in total. The Bertz CT molecular complexity index is 1160. The minimum Gasteiger partial charge on any atom is -0.493 e. The zero-order valence-corrected chi connectivity index (χ0v) is 19.2. The Kier molecular flexibility index (Phi) is 7.94. The number of methoxy groups -OCH3 is 3. The van der Waals surface area contributed by atoms with Crippen molar-refractivity contribution >= 4 is 39.0 Å². The minimum atomic E-state index is -0.890. The van der Waals surface area contributed by atoms with Gasteiger partial charge in [0.25, 0.3) is 0 Å². The second-order valence-corrected chi connectivity index (χ2v) is 7.81. The molecule has 0 aliphatic carbocycles. The van der Waals surface area contributed by atoms with Gasteiger partial charge < -0.3 is 30.2 Å². The quantitative estimate of drug-likeness (QED) is 0.414. The van der Waals surface area contributed by atoms with Crippen molar-refractivity contribution in [3.8, 4) is 23.3 Å². The number of urea groups is 1. The fraction of sp³-hybridized carbons (Fsp3) is 0.261. The summed E-state index contributed by atoms with van der Waals surface area (Å²) >= 11 is 1.57. The van der Waals surface area contributed by atoms with E-state index in [4.69, 9.17) is 19.5 Å². The fourth-order valence-corrected chi connectivity index (χ4v) is 4.32. The van der Waals surface area contributed by atoms with Crippen LogP contribution in [0.1, 0.15) is 5.56 Å². The second kappa shape index (κ2) is 11.1. The molecule has 0 saturated carbocycles. The molecule has 0 spiro atoms. The molecule has 1 unspecified atom stereocenters. The highest BCUT2D eigenvalue weighted by Crippen LogP contribution is 2.39. The summed E-state index contributed by atoms with van der Waals surface area (Å²) in [7, 11) is 4.43. The largest absolute Gasteiger partial charge is 0.493 e. The van der Waals surface area contributed by atoms with Gasteiger partial charge in [0.15, 0.2) is 11.5 Å². The van der Waals surface area contributed by atoms with E-state index in [9.17, 15) is 9.59 Å². The van der Waals surface area contributed by atoms with E-state index in [1.165, 1.54) is 21.3 Å². The molecule has 1 heterocycles. The molecule has 2 aromatic carbocycles. The highest BCUT2D eigenvalue weighted by atomic mass is 32.1. The van der Waals surface area contributed by atoms with Crippen LogP contribution in [-0.4, -0.2) is 45.9 Å². The van der Waals surface area contributed by atoms with Crippen LogP contribution in [0.2, 0.25) is 0 Å². The third-order valence-corrected chi connectivity index (χ3v) is 5.88. The maximum Gasteiger partial charge on any atom is 0.319 e. The molecule has 0 saturated heterocycles. The summed E-state index contributed by atoms with van der Waals surface area (Å²) in [6.07, 6.45) is 0.268. The summed E-state index contributed by atoms with van der Waals surface area (Å²) in [5, 5.41) is 19.7. The van der Waals surface area contributed by atoms with E-state index in [2.05, 4.69) is 16.0 Å². The Hall–Kier alpha value is -3.97. The monoisotopic (exact) mass is 468 g/mol. The first-order valence-corrected chi connectivity index (χ1v) is 10.9. The lowest BCUT2D eigenvalue weighted by molar-refractivity contribution is -0.122. The van der Waals surface area contributed by atoms with Crippen molar-refractivity contribution < 1.29 is 23.8 Å². The van der Waals surface area contributed by atoms with Crippen molar-refractivity contribution in [2.75, 3.05) is 33.2 Å². The van der Waals surface area contributed by atoms with Gasteiger partial charge in [-0.3, -0.25) is 4.79 Å². The number of thiophene rings is 1. The van der Waals surface area contributed by atoms with Crippen LogP contribution >= 0.6 is 11.3 Å². The van der Waals surface area contributed by atoms with E-state index >= 15 is 0 Å². The molecule has 0 aliphatic heterocycles. The summed E-state index contributed by atoms with van der Waals surface area (Å²) in [5.74, 6) is 0.691. The molecular weight excluding hydrogens is 444 g/mol. The average Bonchev–Trinajstić information content (AvgIpc) is 3.24. The lowest BCUT2D eigenvalue weighted by Gasteiger charge is -2.19. The van der Waals surface area contributed by atoms with Crippen molar-refractivity contribution in [2.45, 2.75) is 12.5 Å². The van der Waals surface area contributed by atoms with E-state index in [0.717, 1.165) is 15.6 Å². The van der Waals surface area contributed by atoms with Gasteiger partial charge in [-0.15, -0.1) is 11.3 Å². The minimum absolute atomic E-state index is 0.157. The number of nitrogens with one attached hydrogen (secondary N) is 3. The van der Waals surface area contributed by atoms with Crippen LogP contribution in [0.3, 0.4) is 0 Å². The number of hydrogen-bond acceptors (Lipinski definition) is 7. The number of hydrogen-bond donors (Lipinski definition) is 3. The van der Waals surface area contributed by atoms with Crippen LogP contribution in [0.25, 0.3) is 10.1 Å². The maximum absolute atomic E-state index is 12.8. The molecule has 3 N–H and O–H groups in total. The Morgan fingerprint density at radius 1 is 1.09 bits per heavy atom. The van der Waals surface area contributed by atoms with Gasteiger partial charge in [0.1, 0.15) is 12.6 Å².